The Morgan fingerprint density at radius 3 is 2.89 bits per heavy atom. The number of nitrogen functional groups attached to an aromatic ring is 1. The minimum absolute atomic E-state index is 0.131. The lowest BCUT2D eigenvalue weighted by Gasteiger charge is -2.09. The molecule has 19 heavy (non-hydrogen) atoms. The fraction of sp³-hybridized carbons (Fsp3) is 0.231. The largest absolute Gasteiger partial charge is 0.352 e. The number of benzene rings is 1. The monoisotopic (exact) mass is 259 g/mol. The van der Waals surface area contributed by atoms with Crippen LogP contribution < -0.4 is 16.6 Å². The van der Waals surface area contributed by atoms with Gasteiger partial charge in [0.05, 0.1) is 11.3 Å². The number of hydrogen-bond donors (Lipinski definition) is 3. The summed E-state index contributed by atoms with van der Waals surface area (Å²) in [6.45, 7) is 1.38. The summed E-state index contributed by atoms with van der Waals surface area (Å²) in [6.07, 6.45) is 4.46. The second kappa shape index (κ2) is 6.55. The van der Waals surface area contributed by atoms with Crippen LogP contribution in [0.3, 0.4) is 0 Å². The Bertz CT molecular complexity index is 524. The maximum absolute atomic E-state index is 12.0. The van der Waals surface area contributed by atoms with Gasteiger partial charge in [-0.1, -0.05) is 12.1 Å². The van der Waals surface area contributed by atoms with E-state index in [1.54, 1.807) is 24.4 Å². The molecule has 0 aliphatic carbocycles. The number of aromatic nitrogens is 2. The highest BCUT2D eigenvalue weighted by atomic mass is 16.1. The molecule has 0 aliphatic rings. The van der Waals surface area contributed by atoms with Gasteiger partial charge in [-0.2, -0.15) is 5.10 Å². The van der Waals surface area contributed by atoms with E-state index in [0.717, 1.165) is 13.0 Å². The molecule has 0 saturated carbocycles. The second-order valence-corrected chi connectivity index (χ2v) is 4.07. The molecule has 100 valence electrons. The Labute approximate surface area is 111 Å². The molecule has 6 heteroatoms. The molecular formula is C13H17N5O. The molecule has 2 aromatic rings. The first-order chi connectivity index (χ1) is 9.31. The van der Waals surface area contributed by atoms with E-state index in [2.05, 4.69) is 15.8 Å². The number of anilines is 1. The first-order valence-electron chi connectivity index (χ1n) is 6.12. The van der Waals surface area contributed by atoms with Crippen LogP contribution in [0.1, 0.15) is 16.8 Å². The Balaban J connectivity index is 1.81. The van der Waals surface area contributed by atoms with Gasteiger partial charge in [-0.05, 0) is 24.6 Å². The standard InChI is InChI=1S/C13H17N5O/c14-17-12-6-2-1-5-11(12)13(19)15-7-3-9-18-10-4-8-16-18/h1-2,4-6,8,10,17H,3,7,9,14H2,(H,15,19). The normalized spacial score (nSPS) is 10.2. The molecule has 1 aromatic heterocycles. The van der Waals surface area contributed by atoms with Gasteiger partial charge >= 0.3 is 0 Å². The third kappa shape index (κ3) is 3.56. The van der Waals surface area contributed by atoms with Crippen molar-refractivity contribution in [2.24, 2.45) is 5.84 Å². The van der Waals surface area contributed by atoms with Gasteiger partial charge in [-0.15, -0.1) is 0 Å². The Hall–Kier alpha value is -2.34. The predicted octanol–water partition coefficient (Wildman–Crippen LogP) is 0.989. The van der Waals surface area contributed by atoms with Gasteiger partial charge in [-0.25, -0.2) is 0 Å². The molecule has 1 aromatic carbocycles. The summed E-state index contributed by atoms with van der Waals surface area (Å²) < 4.78 is 1.83. The SMILES string of the molecule is NNc1ccccc1C(=O)NCCCn1cccn1. The highest BCUT2D eigenvalue weighted by Crippen LogP contribution is 2.12. The van der Waals surface area contributed by atoms with Gasteiger partial charge in [0, 0.05) is 25.5 Å². The molecule has 0 saturated heterocycles. The number of para-hydroxylation sites is 1. The number of rotatable bonds is 6. The number of nitrogens with zero attached hydrogens (tertiary/aromatic N) is 2. The lowest BCUT2D eigenvalue weighted by Crippen LogP contribution is -2.26. The van der Waals surface area contributed by atoms with E-state index in [9.17, 15) is 4.79 Å². The maximum Gasteiger partial charge on any atom is 0.253 e. The first-order valence-corrected chi connectivity index (χ1v) is 6.12. The van der Waals surface area contributed by atoms with E-state index in [1.807, 2.05) is 23.0 Å². The topological polar surface area (TPSA) is 85.0 Å². The molecule has 6 nitrogen and oxygen atoms in total. The summed E-state index contributed by atoms with van der Waals surface area (Å²) in [6, 6.07) is 9.00. The molecule has 1 amide bonds. The van der Waals surface area contributed by atoms with Crippen molar-refractivity contribution in [3.8, 4) is 0 Å². The molecule has 1 heterocycles. The van der Waals surface area contributed by atoms with Crippen molar-refractivity contribution < 1.29 is 4.79 Å². The molecule has 2 rings (SSSR count). The van der Waals surface area contributed by atoms with Crippen molar-refractivity contribution in [2.45, 2.75) is 13.0 Å². The van der Waals surface area contributed by atoms with E-state index in [-0.39, 0.29) is 5.91 Å². The average Bonchev–Trinajstić information content (AvgIpc) is 2.96. The van der Waals surface area contributed by atoms with Gasteiger partial charge in [0.25, 0.3) is 5.91 Å². The summed E-state index contributed by atoms with van der Waals surface area (Å²) in [4.78, 5) is 12.0. The van der Waals surface area contributed by atoms with E-state index in [0.29, 0.717) is 17.8 Å². The van der Waals surface area contributed by atoms with Gasteiger partial charge in [0.1, 0.15) is 0 Å². The number of amides is 1. The van der Waals surface area contributed by atoms with Crippen LogP contribution >= 0.6 is 0 Å². The quantitative estimate of drug-likeness (QED) is 0.410. The number of hydrazine groups is 1. The zero-order chi connectivity index (χ0) is 13.5. The number of hydrogen-bond acceptors (Lipinski definition) is 4. The Morgan fingerprint density at radius 2 is 2.16 bits per heavy atom. The zero-order valence-corrected chi connectivity index (χ0v) is 10.5. The summed E-state index contributed by atoms with van der Waals surface area (Å²) in [5.74, 6) is 5.24. The summed E-state index contributed by atoms with van der Waals surface area (Å²) in [5, 5.41) is 6.96. The molecule has 4 N–H and O–H groups in total. The molecule has 0 spiro atoms. The highest BCUT2D eigenvalue weighted by molar-refractivity contribution is 5.99. The maximum atomic E-state index is 12.0. The van der Waals surface area contributed by atoms with Crippen molar-refractivity contribution >= 4 is 11.6 Å². The van der Waals surface area contributed by atoms with Crippen LogP contribution in [0.25, 0.3) is 0 Å². The van der Waals surface area contributed by atoms with Crippen molar-refractivity contribution in [3.05, 3.63) is 48.3 Å². The van der Waals surface area contributed by atoms with Crippen molar-refractivity contribution in [3.63, 3.8) is 0 Å². The number of carbonyl (C=O) groups excluding carboxylic acids is 1. The van der Waals surface area contributed by atoms with Crippen LogP contribution in [0, 0.1) is 0 Å². The third-order valence-corrected chi connectivity index (χ3v) is 2.74. The van der Waals surface area contributed by atoms with Crippen LogP contribution in [0.15, 0.2) is 42.7 Å². The molecule has 0 aliphatic heterocycles. The minimum atomic E-state index is -0.131. The molecule has 0 radical (unpaired) electrons. The first kappa shape index (κ1) is 13.1. The summed E-state index contributed by atoms with van der Waals surface area (Å²) >= 11 is 0. The van der Waals surface area contributed by atoms with Gasteiger partial charge < -0.3 is 10.7 Å². The number of aryl methyl sites for hydroxylation is 1. The Kier molecular flexibility index (Phi) is 4.52. The van der Waals surface area contributed by atoms with Gasteiger partial charge in [-0.3, -0.25) is 15.3 Å². The molecule has 0 fully saturated rings. The van der Waals surface area contributed by atoms with Gasteiger partial charge in [0.15, 0.2) is 0 Å². The fourth-order valence-corrected chi connectivity index (χ4v) is 1.78. The average molecular weight is 259 g/mol. The van der Waals surface area contributed by atoms with Crippen molar-refractivity contribution in [2.75, 3.05) is 12.0 Å². The van der Waals surface area contributed by atoms with Crippen LogP contribution in [0.2, 0.25) is 0 Å². The molecule has 0 unspecified atom stereocenters. The summed E-state index contributed by atoms with van der Waals surface area (Å²) in [5.41, 5.74) is 3.68. The van der Waals surface area contributed by atoms with E-state index < -0.39 is 0 Å². The molecule has 0 bridgehead atoms. The Morgan fingerprint density at radius 1 is 1.32 bits per heavy atom. The smallest absolute Gasteiger partial charge is 0.253 e. The van der Waals surface area contributed by atoms with Crippen molar-refractivity contribution in [1.29, 1.82) is 0 Å². The lowest BCUT2D eigenvalue weighted by atomic mass is 10.1. The zero-order valence-electron chi connectivity index (χ0n) is 10.5. The van der Waals surface area contributed by atoms with Crippen LogP contribution in [-0.4, -0.2) is 22.2 Å². The predicted molar refractivity (Wildman–Crippen MR) is 73.4 cm³/mol. The molecule has 0 atom stereocenters. The number of nitrogens with one attached hydrogen (secondary N) is 2. The fourth-order valence-electron chi connectivity index (χ4n) is 1.78. The third-order valence-electron chi connectivity index (χ3n) is 2.74. The lowest BCUT2D eigenvalue weighted by molar-refractivity contribution is 0.0953. The van der Waals surface area contributed by atoms with E-state index in [4.69, 9.17) is 5.84 Å². The second-order valence-electron chi connectivity index (χ2n) is 4.07. The van der Waals surface area contributed by atoms with Crippen molar-refractivity contribution in [1.82, 2.24) is 15.1 Å². The van der Waals surface area contributed by atoms with Gasteiger partial charge in [0.2, 0.25) is 0 Å². The van der Waals surface area contributed by atoms with E-state index in [1.165, 1.54) is 0 Å². The molecular weight excluding hydrogens is 242 g/mol. The van der Waals surface area contributed by atoms with Crippen LogP contribution in [0.4, 0.5) is 5.69 Å². The highest BCUT2D eigenvalue weighted by Gasteiger charge is 2.08. The number of nitrogens with two attached hydrogens (primary N) is 1. The number of carbonyl (C=O) groups is 1. The van der Waals surface area contributed by atoms with Crippen LogP contribution in [-0.2, 0) is 6.54 Å². The minimum Gasteiger partial charge on any atom is -0.352 e. The summed E-state index contributed by atoms with van der Waals surface area (Å²) in [7, 11) is 0. The van der Waals surface area contributed by atoms with E-state index >= 15 is 0 Å². The van der Waals surface area contributed by atoms with Crippen LogP contribution in [0.5, 0.6) is 0 Å².